The summed E-state index contributed by atoms with van der Waals surface area (Å²) in [7, 11) is 0.990. The van der Waals surface area contributed by atoms with Gasteiger partial charge >= 0.3 is 0 Å². The standard InChI is InChI=1S/C16H26Si/c1-3-4-5-6-7-9-12-15(2)17-16-13-10-8-11-14-16/h8,10-11,13-15H,3-7,9,12H2,1-2H3. The lowest BCUT2D eigenvalue weighted by Crippen LogP contribution is -2.17. The van der Waals surface area contributed by atoms with E-state index in [0.29, 0.717) is 0 Å². The number of benzene rings is 1. The molecule has 0 spiro atoms. The van der Waals surface area contributed by atoms with Crippen molar-refractivity contribution in [3.8, 4) is 0 Å². The first-order valence-corrected chi connectivity index (χ1v) is 8.22. The molecule has 0 aliphatic heterocycles. The van der Waals surface area contributed by atoms with Crippen LogP contribution in [0.25, 0.3) is 0 Å². The number of hydrogen-bond donors (Lipinski definition) is 0. The smallest absolute Gasteiger partial charge is 0.0654 e. The second-order valence-electron chi connectivity index (χ2n) is 4.97. The van der Waals surface area contributed by atoms with E-state index < -0.39 is 0 Å². The van der Waals surface area contributed by atoms with Crippen LogP contribution in [0.4, 0.5) is 0 Å². The van der Waals surface area contributed by atoms with Gasteiger partial charge in [0.25, 0.3) is 0 Å². The minimum absolute atomic E-state index is 0.864. The highest BCUT2D eigenvalue weighted by molar-refractivity contribution is 6.54. The zero-order valence-electron chi connectivity index (χ0n) is 11.4. The first-order valence-electron chi connectivity index (χ1n) is 7.14. The molecule has 0 amide bonds. The van der Waals surface area contributed by atoms with Gasteiger partial charge in [-0.05, 0) is 5.54 Å². The van der Waals surface area contributed by atoms with E-state index in [4.69, 9.17) is 0 Å². The second kappa shape index (κ2) is 9.47. The minimum atomic E-state index is 0.864. The van der Waals surface area contributed by atoms with Crippen molar-refractivity contribution in [3.05, 3.63) is 30.3 Å². The van der Waals surface area contributed by atoms with Crippen LogP contribution < -0.4 is 5.19 Å². The van der Waals surface area contributed by atoms with Gasteiger partial charge in [0.15, 0.2) is 0 Å². The zero-order valence-corrected chi connectivity index (χ0v) is 12.4. The van der Waals surface area contributed by atoms with Gasteiger partial charge in [-0.3, -0.25) is 0 Å². The molecule has 0 bridgehead atoms. The maximum Gasteiger partial charge on any atom is 0.0839 e. The van der Waals surface area contributed by atoms with E-state index in [1.54, 1.807) is 0 Å². The quantitative estimate of drug-likeness (QED) is 0.442. The van der Waals surface area contributed by atoms with Gasteiger partial charge in [-0.2, -0.15) is 0 Å². The summed E-state index contributed by atoms with van der Waals surface area (Å²) in [6, 6.07) is 10.9. The van der Waals surface area contributed by atoms with E-state index in [2.05, 4.69) is 44.2 Å². The van der Waals surface area contributed by atoms with Gasteiger partial charge in [0.05, 0.1) is 9.52 Å². The molecule has 0 saturated heterocycles. The maximum absolute atomic E-state index is 2.40. The first kappa shape index (κ1) is 14.5. The lowest BCUT2D eigenvalue weighted by atomic mass is 10.1. The Balaban J connectivity index is 2.03. The molecule has 17 heavy (non-hydrogen) atoms. The first-order chi connectivity index (χ1) is 8.33. The fourth-order valence-corrected chi connectivity index (χ4v) is 3.42. The fraction of sp³-hybridized carbons (Fsp3) is 0.625. The molecule has 1 unspecified atom stereocenters. The number of hydrogen-bond acceptors (Lipinski definition) is 0. The highest BCUT2D eigenvalue weighted by Gasteiger charge is 2.04. The molecule has 0 aliphatic carbocycles. The van der Waals surface area contributed by atoms with Crippen LogP contribution in [0.5, 0.6) is 0 Å². The molecule has 0 saturated carbocycles. The molecule has 1 aromatic rings. The maximum atomic E-state index is 2.40. The summed E-state index contributed by atoms with van der Waals surface area (Å²) in [4.78, 5) is 0. The van der Waals surface area contributed by atoms with Crippen molar-refractivity contribution in [2.24, 2.45) is 0 Å². The summed E-state index contributed by atoms with van der Waals surface area (Å²) >= 11 is 0. The molecule has 1 heteroatoms. The van der Waals surface area contributed by atoms with Crippen LogP contribution in [-0.4, -0.2) is 9.52 Å². The molecule has 0 aliphatic rings. The van der Waals surface area contributed by atoms with Crippen LogP contribution in [0.3, 0.4) is 0 Å². The molecule has 1 rings (SSSR count). The molecule has 0 N–H and O–H groups in total. The molecule has 0 nitrogen and oxygen atoms in total. The average molecular weight is 246 g/mol. The predicted molar refractivity (Wildman–Crippen MR) is 79.2 cm³/mol. The Hall–Kier alpha value is -0.563. The Bertz CT molecular complexity index is 268. The summed E-state index contributed by atoms with van der Waals surface area (Å²) in [5.41, 5.74) is 0.864. The highest BCUT2D eigenvalue weighted by atomic mass is 28.2. The third-order valence-electron chi connectivity index (χ3n) is 3.18. The average Bonchev–Trinajstić information content (AvgIpc) is 2.35. The van der Waals surface area contributed by atoms with Crippen molar-refractivity contribution in [1.82, 2.24) is 0 Å². The van der Waals surface area contributed by atoms with Gasteiger partial charge in [-0.1, -0.05) is 94.3 Å². The van der Waals surface area contributed by atoms with Crippen LogP contribution in [0.15, 0.2) is 30.3 Å². The summed E-state index contributed by atoms with van der Waals surface area (Å²) in [6.45, 7) is 4.68. The van der Waals surface area contributed by atoms with Crippen LogP contribution >= 0.6 is 0 Å². The molecule has 2 radical (unpaired) electrons. The SMILES string of the molecule is CCCCCCCCC(C)[Si]c1ccccc1. The largest absolute Gasteiger partial charge is 0.0839 e. The molecule has 0 fully saturated rings. The van der Waals surface area contributed by atoms with Crippen LogP contribution in [0.2, 0.25) is 5.54 Å². The predicted octanol–water partition coefficient (Wildman–Crippen LogP) is 4.58. The van der Waals surface area contributed by atoms with E-state index in [9.17, 15) is 0 Å². The molecule has 0 heterocycles. The van der Waals surface area contributed by atoms with E-state index in [0.717, 1.165) is 15.1 Å². The summed E-state index contributed by atoms with van der Waals surface area (Å²) in [5, 5.41) is 1.52. The highest BCUT2D eigenvalue weighted by Crippen LogP contribution is 2.15. The lowest BCUT2D eigenvalue weighted by molar-refractivity contribution is 0.584. The van der Waals surface area contributed by atoms with Gasteiger partial charge in [-0.15, -0.1) is 0 Å². The van der Waals surface area contributed by atoms with Crippen molar-refractivity contribution >= 4 is 14.7 Å². The van der Waals surface area contributed by atoms with Crippen LogP contribution in [0, 0.1) is 0 Å². The monoisotopic (exact) mass is 246 g/mol. The molecule has 1 atom stereocenters. The third kappa shape index (κ3) is 7.38. The molecule has 94 valence electrons. The molecule has 0 aromatic heterocycles. The molecule has 1 aromatic carbocycles. The number of unbranched alkanes of at least 4 members (excludes halogenated alkanes) is 5. The normalized spacial score (nSPS) is 12.6. The van der Waals surface area contributed by atoms with E-state index >= 15 is 0 Å². The summed E-state index contributed by atoms with van der Waals surface area (Å²) < 4.78 is 0. The molecular formula is C16H26Si. The van der Waals surface area contributed by atoms with E-state index in [1.165, 1.54) is 50.1 Å². The van der Waals surface area contributed by atoms with Gasteiger partial charge < -0.3 is 0 Å². The van der Waals surface area contributed by atoms with E-state index in [1.807, 2.05) is 0 Å². The van der Waals surface area contributed by atoms with Gasteiger partial charge in [0.1, 0.15) is 0 Å². The van der Waals surface area contributed by atoms with Gasteiger partial charge in [-0.25, -0.2) is 0 Å². The number of rotatable bonds is 9. The van der Waals surface area contributed by atoms with Crippen molar-refractivity contribution in [3.63, 3.8) is 0 Å². The van der Waals surface area contributed by atoms with Crippen molar-refractivity contribution < 1.29 is 0 Å². The summed E-state index contributed by atoms with van der Waals surface area (Å²) in [6.07, 6.45) is 9.90. The zero-order chi connectivity index (χ0) is 12.3. The Morgan fingerprint density at radius 2 is 1.59 bits per heavy atom. The third-order valence-corrected chi connectivity index (χ3v) is 4.63. The topological polar surface area (TPSA) is 0 Å². The fourth-order valence-electron chi connectivity index (χ4n) is 2.12. The van der Waals surface area contributed by atoms with Crippen molar-refractivity contribution in [2.75, 3.05) is 0 Å². The van der Waals surface area contributed by atoms with Gasteiger partial charge in [0.2, 0.25) is 0 Å². The Morgan fingerprint density at radius 3 is 2.29 bits per heavy atom. The Labute approximate surface area is 110 Å². The Morgan fingerprint density at radius 1 is 0.941 bits per heavy atom. The van der Waals surface area contributed by atoms with Crippen LogP contribution in [0.1, 0.15) is 58.8 Å². The van der Waals surface area contributed by atoms with Crippen LogP contribution in [-0.2, 0) is 0 Å². The summed E-state index contributed by atoms with van der Waals surface area (Å²) in [5.74, 6) is 0. The van der Waals surface area contributed by atoms with Gasteiger partial charge in [0, 0.05) is 0 Å². The second-order valence-corrected chi connectivity index (χ2v) is 6.82. The van der Waals surface area contributed by atoms with Crippen molar-refractivity contribution in [2.45, 2.75) is 64.3 Å². The minimum Gasteiger partial charge on any atom is -0.0654 e. The lowest BCUT2D eigenvalue weighted by Gasteiger charge is -2.10. The Kier molecular flexibility index (Phi) is 8.07. The van der Waals surface area contributed by atoms with Crippen molar-refractivity contribution in [1.29, 1.82) is 0 Å². The molecular weight excluding hydrogens is 220 g/mol. The van der Waals surface area contributed by atoms with E-state index in [-0.39, 0.29) is 0 Å².